The monoisotopic (exact) mass is 288 g/mol. The lowest BCUT2D eigenvalue weighted by Gasteiger charge is -2.19. The first kappa shape index (κ1) is 16.0. The summed E-state index contributed by atoms with van der Waals surface area (Å²) in [5.74, 6) is -3.66. The van der Waals surface area contributed by atoms with Crippen molar-refractivity contribution in [3.05, 3.63) is 39.4 Å². The van der Waals surface area contributed by atoms with Crippen molar-refractivity contribution in [2.45, 2.75) is 19.9 Å². The number of nitro groups is 1. The van der Waals surface area contributed by atoms with Crippen molar-refractivity contribution >= 4 is 11.6 Å². The summed E-state index contributed by atoms with van der Waals surface area (Å²) in [6, 6.07) is 0.314. The molecule has 1 atom stereocenters. The van der Waals surface area contributed by atoms with Crippen LogP contribution in [0.4, 0.5) is 14.5 Å². The van der Waals surface area contributed by atoms with Gasteiger partial charge < -0.3 is 10.4 Å². The van der Waals surface area contributed by atoms with E-state index < -0.39 is 39.8 Å². The van der Waals surface area contributed by atoms with Gasteiger partial charge in [0.05, 0.1) is 29.2 Å². The zero-order valence-corrected chi connectivity index (χ0v) is 10.9. The fraction of sp³-hybridized carbons (Fsp3) is 0.417. The van der Waals surface area contributed by atoms with Gasteiger partial charge in [0.15, 0.2) is 0 Å². The van der Waals surface area contributed by atoms with Gasteiger partial charge in [-0.1, -0.05) is 13.8 Å². The van der Waals surface area contributed by atoms with Gasteiger partial charge >= 0.3 is 5.69 Å². The molecule has 0 radical (unpaired) electrons. The molecule has 20 heavy (non-hydrogen) atoms. The van der Waals surface area contributed by atoms with Gasteiger partial charge in [0, 0.05) is 0 Å². The Kier molecular flexibility index (Phi) is 5.09. The maximum atomic E-state index is 13.8. The summed E-state index contributed by atoms with van der Waals surface area (Å²) in [7, 11) is 0. The maximum Gasteiger partial charge on any atom is 0.308 e. The third-order valence-corrected chi connectivity index (χ3v) is 2.78. The number of nitro benzene ring substituents is 1. The zero-order chi connectivity index (χ0) is 15.4. The van der Waals surface area contributed by atoms with Crippen molar-refractivity contribution in [3.63, 3.8) is 0 Å². The largest absolute Gasteiger partial charge is 0.394 e. The number of nitrogens with zero attached hydrogens (tertiary/aromatic N) is 1. The number of amides is 1. The number of hydrogen-bond acceptors (Lipinski definition) is 4. The number of carbonyl (C=O) groups is 1. The highest BCUT2D eigenvalue weighted by atomic mass is 19.1. The lowest BCUT2D eigenvalue weighted by atomic mass is 10.0. The number of benzene rings is 1. The van der Waals surface area contributed by atoms with E-state index in [9.17, 15) is 23.7 Å². The number of rotatable bonds is 5. The molecule has 0 saturated heterocycles. The van der Waals surface area contributed by atoms with E-state index in [1.807, 2.05) is 0 Å². The zero-order valence-electron chi connectivity index (χ0n) is 10.9. The molecule has 110 valence electrons. The molecule has 0 aliphatic carbocycles. The van der Waals surface area contributed by atoms with E-state index in [1.165, 1.54) is 0 Å². The summed E-state index contributed by atoms with van der Waals surface area (Å²) >= 11 is 0. The van der Waals surface area contributed by atoms with Crippen LogP contribution in [0, 0.1) is 27.7 Å². The summed E-state index contributed by atoms with van der Waals surface area (Å²) in [5.41, 5.74) is -1.88. The van der Waals surface area contributed by atoms with Crippen LogP contribution in [0.15, 0.2) is 12.1 Å². The Balaban J connectivity index is 3.13. The Morgan fingerprint density at radius 1 is 1.45 bits per heavy atom. The highest BCUT2D eigenvalue weighted by Crippen LogP contribution is 2.22. The fourth-order valence-corrected chi connectivity index (χ4v) is 1.54. The Labute approximate surface area is 113 Å². The molecule has 8 heteroatoms. The van der Waals surface area contributed by atoms with E-state index in [1.54, 1.807) is 13.8 Å². The number of carbonyl (C=O) groups excluding carboxylic acids is 1. The molecule has 2 N–H and O–H groups in total. The van der Waals surface area contributed by atoms with Crippen LogP contribution >= 0.6 is 0 Å². The normalized spacial score (nSPS) is 12.3. The molecule has 0 bridgehead atoms. The molecule has 0 saturated carbocycles. The Bertz CT molecular complexity index is 534. The number of halogens is 2. The number of nitrogens with one attached hydrogen (secondary N) is 1. The van der Waals surface area contributed by atoms with Gasteiger partial charge in [0.1, 0.15) is 5.82 Å². The predicted octanol–water partition coefficient (Wildman–Crippen LogP) is 1.62. The molecule has 0 spiro atoms. The summed E-state index contributed by atoms with van der Waals surface area (Å²) in [6.45, 7) is 3.04. The van der Waals surface area contributed by atoms with Crippen molar-refractivity contribution < 1.29 is 23.6 Å². The third kappa shape index (κ3) is 3.47. The molecule has 0 aliphatic heterocycles. The molecule has 1 aromatic carbocycles. The standard InChI is InChI=1S/C12H14F2N2O4/c1-6(2)9(5-17)15-12(18)8-3-7(13)4-10(11(8)14)16(19)20/h3-4,6,9,17H,5H2,1-2H3,(H,15,18). The Hall–Kier alpha value is -2.09. The molecule has 6 nitrogen and oxygen atoms in total. The quantitative estimate of drug-likeness (QED) is 0.636. The number of hydrogen-bond donors (Lipinski definition) is 2. The second-order valence-electron chi connectivity index (χ2n) is 4.55. The molecular weight excluding hydrogens is 274 g/mol. The first-order valence-corrected chi connectivity index (χ1v) is 5.83. The van der Waals surface area contributed by atoms with Crippen LogP contribution in [0.5, 0.6) is 0 Å². The first-order chi connectivity index (χ1) is 9.27. The van der Waals surface area contributed by atoms with Gasteiger partial charge in [-0.25, -0.2) is 4.39 Å². The lowest BCUT2D eigenvalue weighted by molar-refractivity contribution is -0.387. The topological polar surface area (TPSA) is 92.5 Å². The second-order valence-corrected chi connectivity index (χ2v) is 4.55. The Morgan fingerprint density at radius 2 is 2.05 bits per heavy atom. The maximum absolute atomic E-state index is 13.8. The molecule has 1 unspecified atom stereocenters. The number of aliphatic hydroxyl groups is 1. The fourth-order valence-electron chi connectivity index (χ4n) is 1.54. The SMILES string of the molecule is CC(C)C(CO)NC(=O)c1cc(F)cc([N+](=O)[O-])c1F. The van der Waals surface area contributed by atoms with E-state index in [0.717, 1.165) is 0 Å². The van der Waals surface area contributed by atoms with E-state index in [2.05, 4.69) is 5.32 Å². The summed E-state index contributed by atoms with van der Waals surface area (Å²) < 4.78 is 27.0. The van der Waals surface area contributed by atoms with Gasteiger partial charge in [-0.15, -0.1) is 0 Å². The van der Waals surface area contributed by atoms with Gasteiger partial charge in [0.25, 0.3) is 5.91 Å². The minimum Gasteiger partial charge on any atom is -0.394 e. The van der Waals surface area contributed by atoms with E-state index in [-0.39, 0.29) is 12.5 Å². The molecule has 1 rings (SSSR count). The van der Waals surface area contributed by atoms with Crippen molar-refractivity contribution in [1.29, 1.82) is 0 Å². The van der Waals surface area contributed by atoms with Gasteiger partial charge in [-0.2, -0.15) is 4.39 Å². The van der Waals surface area contributed by atoms with Crippen LogP contribution < -0.4 is 5.32 Å². The molecule has 0 aromatic heterocycles. The van der Waals surface area contributed by atoms with Crippen LogP contribution in [0.1, 0.15) is 24.2 Å². The van der Waals surface area contributed by atoms with Crippen LogP contribution in [0.3, 0.4) is 0 Å². The van der Waals surface area contributed by atoms with E-state index in [0.29, 0.717) is 12.1 Å². The first-order valence-electron chi connectivity index (χ1n) is 5.83. The third-order valence-electron chi connectivity index (χ3n) is 2.78. The predicted molar refractivity (Wildman–Crippen MR) is 66.2 cm³/mol. The van der Waals surface area contributed by atoms with Crippen molar-refractivity contribution in [1.82, 2.24) is 5.32 Å². The summed E-state index contributed by atoms with van der Waals surface area (Å²) in [4.78, 5) is 21.3. The highest BCUT2D eigenvalue weighted by molar-refractivity contribution is 5.95. The van der Waals surface area contributed by atoms with Crippen LogP contribution in [0.25, 0.3) is 0 Å². The highest BCUT2D eigenvalue weighted by Gasteiger charge is 2.26. The van der Waals surface area contributed by atoms with Crippen molar-refractivity contribution in [2.24, 2.45) is 5.92 Å². The Morgan fingerprint density at radius 3 is 2.50 bits per heavy atom. The van der Waals surface area contributed by atoms with Crippen molar-refractivity contribution in [3.8, 4) is 0 Å². The van der Waals surface area contributed by atoms with Gasteiger partial charge in [-0.05, 0) is 12.0 Å². The average molecular weight is 288 g/mol. The van der Waals surface area contributed by atoms with E-state index in [4.69, 9.17) is 5.11 Å². The second kappa shape index (κ2) is 6.38. The van der Waals surface area contributed by atoms with Crippen LogP contribution in [-0.4, -0.2) is 28.6 Å². The lowest BCUT2D eigenvalue weighted by Crippen LogP contribution is -2.41. The van der Waals surface area contributed by atoms with Crippen LogP contribution in [-0.2, 0) is 0 Å². The average Bonchev–Trinajstić information content (AvgIpc) is 2.37. The molecular formula is C12H14F2N2O4. The minimum absolute atomic E-state index is 0.143. The van der Waals surface area contributed by atoms with Crippen LogP contribution in [0.2, 0.25) is 0 Å². The van der Waals surface area contributed by atoms with Gasteiger partial charge in [-0.3, -0.25) is 14.9 Å². The molecule has 1 aromatic rings. The van der Waals surface area contributed by atoms with E-state index >= 15 is 0 Å². The summed E-state index contributed by atoms with van der Waals surface area (Å²) in [5, 5.41) is 21.9. The smallest absolute Gasteiger partial charge is 0.308 e. The summed E-state index contributed by atoms with van der Waals surface area (Å²) in [6.07, 6.45) is 0. The molecule has 0 aliphatic rings. The molecule has 1 amide bonds. The van der Waals surface area contributed by atoms with Gasteiger partial charge in [0.2, 0.25) is 5.82 Å². The molecule has 0 heterocycles. The van der Waals surface area contributed by atoms with Crippen molar-refractivity contribution in [2.75, 3.05) is 6.61 Å². The molecule has 0 fully saturated rings. The number of aliphatic hydroxyl groups excluding tert-OH is 1. The minimum atomic E-state index is -1.41.